The predicted molar refractivity (Wildman–Crippen MR) is 85.6 cm³/mol. The van der Waals surface area contributed by atoms with Gasteiger partial charge in [-0.15, -0.1) is 0 Å². The van der Waals surface area contributed by atoms with Gasteiger partial charge in [0.2, 0.25) is 0 Å². The number of nitro groups is 1. The Balaban J connectivity index is 1.92. The summed E-state index contributed by atoms with van der Waals surface area (Å²) in [4.78, 5) is 22.8. The molecule has 0 unspecified atom stereocenters. The average molecular weight is 331 g/mol. The third-order valence-electron chi connectivity index (χ3n) is 3.37. The summed E-state index contributed by atoms with van der Waals surface area (Å²) in [7, 11) is 0. The van der Waals surface area contributed by atoms with E-state index in [9.17, 15) is 14.9 Å². The van der Waals surface area contributed by atoms with Crippen molar-refractivity contribution in [3.63, 3.8) is 0 Å². The average Bonchev–Trinajstić information content (AvgIpc) is 2.99. The number of benzene rings is 2. The third-order valence-corrected chi connectivity index (χ3v) is 3.68. The van der Waals surface area contributed by atoms with Crippen LogP contribution in [0.2, 0.25) is 5.02 Å². The van der Waals surface area contributed by atoms with Crippen molar-refractivity contribution in [1.29, 1.82) is 0 Å². The SMILES string of the molecule is O=C(OCc1ccccc1)n1ccc2c([N+](=O)[O-])ccc(Cl)c21. The normalized spacial score (nSPS) is 10.7. The molecular formula is C16H11ClN2O4. The maximum atomic E-state index is 12.2. The van der Waals surface area contributed by atoms with Crippen molar-refractivity contribution in [2.24, 2.45) is 0 Å². The van der Waals surface area contributed by atoms with Crippen LogP contribution in [0.4, 0.5) is 10.5 Å². The Morgan fingerprint density at radius 2 is 1.91 bits per heavy atom. The first kappa shape index (κ1) is 15.1. The zero-order valence-corrected chi connectivity index (χ0v) is 12.6. The van der Waals surface area contributed by atoms with Crippen LogP contribution < -0.4 is 0 Å². The molecule has 3 rings (SSSR count). The lowest BCUT2D eigenvalue weighted by atomic mass is 10.2. The standard InChI is InChI=1S/C16H11ClN2O4/c17-13-6-7-14(19(21)22)12-8-9-18(15(12)13)16(20)23-10-11-4-2-1-3-5-11/h1-9H,10H2. The van der Waals surface area contributed by atoms with E-state index in [2.05, 4.69) is 0 Å². The number of halogens is 1. The molecule has 0 atom stereocenters. The molecule has 0 fully saturated rings. The second kappa shape index (κ2) is 6.10. The number of nitro benzene ring substituents is 1. The first-order valence-corrected chi connectivity index (χ1v) is 7.10. The van der Waals surface area contributed by atoms with Gasteiger partial charge < -0.3 is 4.74 Å². The maximum absolute atomic E-state index is 12.2. The van der Waals surface area contributed by atoms with E-state index in [0.29, 0.717) is 5.39 Å². The third kappa shape index (κ3) is 2.89. The van der Waals surface area contributed by atoms with E-state index < -0.39 is 11.0 Å². The molecule has 3 aromatic rings. The van der Waals surface area contributed by atoms with E-state index in [1.807, 2.05) is 30.3 Å². The molecule has 0 saturated heterocycles. The van der Waals surface area contributed by atoms with Crippen LogP contribution in [0.15, 0.2) is 54.7 Å². The Labute approximate surface area is 136 Å². The number of hydrogen-bond acceptors (Lipinski definition) is 4. The van der Waals surface area contributed by atoms with Gasteiger partial charge in [0.15, 0.2) is 0 Å². The summed E-state index contributed by atoms with van der Waals surface area (Å²) in [6, 6.07) is 13.4. The van der Waals surface area contributed by atoms with E-state index >= 15 is 0 Å². The maximum Gasteiger partial charge on any atom is 0.418 e. The minimum absolute atomic E-state index is 0.103. The molecule has 1 heterocycles. The molecule has 0 amide bonds. The fourth-order valence-corrected chi connectivity index (χ4v) is 2.56. The van der Waals surface area contributed by atoms with Gasteiger partial charge >= 0.3 is 6.09 Å². The summed E-state index contributed by atoms with van der Waals surface area (Å²) < 4.78 is 6.41. The smallest absolute Gasteiger partial charge is 0.418 e. The first-order valence-electron chi connectivity index (χ1n) is 6.73. The van der Waals surface area contributed by atoms with Crippen molar-refractivity contribution in [2.45, 2.75) is 6.61 Å². The highest BCUT2D eigenvalue weighted by Gasteiger charge is 2.20. The van der Waals surface area contributed by atoms with Crippen LogP contribution in [0, 0.1) is 10.1 Å². The van der Waals surface area contributed by atoms with Gasteiger partial charge in [-0.3, -0.25) is 14.7 Å². The zero-order valence-electron chi connectivity index (χ0n) is 11.8. The Morgan fingerprint density at radius 1 is 1.17 bits per heavy atom. The number of fused-ring (bicyclic) bond motifs is 1. The predicted octanol–water partition coefficient (Wildman–Crippen LogP) is 4.39. The van der Waals surface area contributed by atoms with Crippen molar-refractivity contribution in [3.05, 3.63) is 75.4 Å². The van der Waals surface area contributed by atoms with E-state index in [-0.39, 0.29) is 22.8 Å². The fraction of sp³-hybridized carbons (Fsp3) is 0.0625. The van der Waals surface area contributed by atoms with Gasteiger partial charge in [-0.1, -0.05) is 41.9 Å². The molecule has 0 bridgehead atoms. The molecule has 0 spiro atoms. The zero-order chi connectivity index (χ0) is 16.4. The number of carbonyl (C=O) groups excluding carboxylic acids is 1. The monoisotopic (exact) mass is 330 g/mol. The molecular weight excluding hydrogens is 320 g/mol. The van der Waals surface area contributed by atoms with E-state index in [1.54, 1.807) is 0 Å². The van der Waals surface area contributed by atoms with Crippen molar-refractivity contribution < 1.29 is 14.5 Å². The minimum atomic E-state index is -0.647. The lowest BCUT2D eigenvalue weighted by Crippen LogP contribution is -2.12. The Hall–Kier alpha value is -2.86. The molecule has 116 valence electrons. The lowest BCUT2D eigenvalue weighted by molar-refractivity contribution is -0.383. The van der Waals surface area contributed by atoms with Crippen molar-refractivity contribution >= 4 is 34.3 Å². The molecule has 0 N–H and O–H groups in total. The van der Waals surface area contributed by atoms with Gasteiger partial charge in [0.1, 0.15) is 6.61 Å². The lowest BCUT2D eigenvalue weighted by Gasteiger charge is -2.07. The van der Waals surface area contributed by atoms with Crippen molar-refractivity contribution in [3.8, 4) is 0 Å². The van der Waals surface area contributed by atoms with E-state index in [4.69, 9.17) is 16.3 Å². The highest BCUT2D eigenvalue weighted by atomic mass is 35.5. The number of nitrogens with zero attached hydrogens (tertiary/aromatic N) is 2. The number of aromatic nitrogens is 1. The highest BCUT2D eigenvalue weighted by Crippen LogP contribution is 2.32. The number of carbonyl (C=O) groups is 1. The largest absolute Gasteiger partial charge is 0.444 e. The number of non-ortho nitro benzene ring substituents is 1. The van der Waals surface area contributed by atoms with Gasteiger partial charge in [-0.25, -0.2) is 4.79 Å². The van der Waals surface area contributed by atoms with Gasteiger partial charge in [-0.2, -0.15) is 0 Å². The van der Waals surface area contributed by atoms with Gasteiger partial charge in [0.05, 0.1) is 20.8 Å². The number of hydrogen-bond donors (Lipinski definition) is 0. The molecule has 1 aromatic heterocycles. The highest BCUT2D eigenvalue weighted by molar-refractivity contribution is 6.35. The summed E-state index contributed by atoms with van der Waals surface area (Å²) >= 11 is 6.09. The number of rotatable bonds is 3. The van der Waals surface area contributed by atoms with Crippen LogP contribution >= 0.6 is 11.6 Å². The molecule has 0 aliphatic carbocycles. The second-order valence-corrected chi connectivity index (χ2v) is 5.22. The van der Waals surface area contributed by atoms with Crippen LogP contribution in [-0.2, 0) is 11.3 Å². The summed E-state index contributed by atoms with van der Waals surface area (Å²) in [5, 5.41) is 11.6. The minimum Gasteiger partial charge on any atom is -0.444 e. The summed E-state index contributed by atoms with van der Waals surface area (Å²) in [6.07, 6.45) is 0.767. The first-order chi connectivity index (χ1) is 11.1. The molecule has 0 aliphatic heterocycles. The molecule has 0 radical (unpaired) electrons. The van der Waals surface area contributed by atoms with Crippen LogP contribution in [0.5, 0.6) is 0 Å². The van der Waals surface area contributed by atoms with Gasteiger partial charge in [0.25, 0.3) is 5.69 Å². The summed E-state index contributed by atoms with van der Waals surface area (Å²) in [5.74, 6) is 0. The van der Waals surface area contributed by atoms with Crippen LogP contribution in [0.3, 0.4) is 0 Å². The van der Waals surface area contributed by atoms with Gasteiger partial charge in [0, 0.05) is 12.3 Å². The van der Waals surface area contributed by atoms with Crippen LogP contribution in [0.1, 0.15) is 5.56 Å². The molecule has 23 heavy (non-hydrogen) atoms. The topological polar surface area (TPSA) is 74.4 Å². The van der Waals surface area contributed by atoms with Gasteiger partial charge in [-0.05, 0) is 17.7 Å². The van der Waals surface area contributed by atoms with Crippen LogP contribution in [0.25, 0.3) is 10.9 Å². The molecule has 2 aromatic carbocycles. The van der Waals surface area contributed by atoms with Crippen molar-refractivity contribution in [2.75, 3.05) is 0 Å². The Bertz CT molecular complexity index is 890. The number of ether oxygens (including phenoxy) is 1. The fourth-order valence-electron chi connectivity index (χ4n) is 2.30. The molecule has 0 saturated carbocycles. The summed E-state index contributed by atoms with van der Waals surface area (Å²) in [5.41, 5.74) is 0.993. The van der Waals surface area contributed by atoms with Crippen molar-refractivity contribution in [1.82, 2.24) is 4.57 Å². The molecule has 0 aliphatic rings. The molecule has 6 nitrogen and oxygen atoms in total. The Morgan fingerprint density at radius 3 is 2.61 bits per heavy atom. The Kier molecular flexibility index (Phi) is 3.99. The molecule has 7 heteroatoms. The van der Waals surface area contributed by atoms with E-state index in [0.717, 1.165) is 5.56 Å². The summed E-state index contributed by atoms with van der Waals surface area (Å²) in [6.45, 7) is 0.103. The quantitative estimate of drug-likeness (QED) is 0.527. The van der Waals surface area contributed by atoms with E-state index in [1.165, 1.54) is 29.0 Å². The second-order valence-electron chi connectivity index (χ2n) is 4.81. The van der Waals surface area contributed by atoms with Crippen LogP contribution in [-0.4, -0.2) is 15.6 Å².